The van der Waals surface area contributed by atoms with Gasteiger partial charge in [0, 0.05) is 66.7 Å². The number of aryl methyl sites for hydroxylation is 2. The molecule has 1 aromatic carbocycles. The standard InChI is InChI=1S/C35H41N7O4/c1-5-28(44)27-14-35-15-29(35)42(27)31(45)18-41-33-23(10-8-6-7-9-20(2)34(46)37-19-35)12-24(13-26(33)32(39-41)22(4)43)25-16-36-30-11-21(3)38-40(30)17-25/h11-13,16-17,20,27,29H,5-10,14-15,18-19H2,1-4H3,(H,37,46)/t20-,27+,29-,35+/m1/s1. The van der Waals surface area contributed by atoms with Gasteiger partial charge in [-0.1, -0.05) is 26.7 Å². The van der Waals surface area contributed by atoms with E-state index in [0.29, 0.717) is 36.9 Å². The van der Waals surface area contributed by atoms with Crippen molar-refractivity contribution in [2.24, 2.45) is 11.3 Å². The Bertz CT molecular complexity index is 1910. The molecule has 1 aliphatic carbocycles. The lowest BCUT2D eigenvalue weighted by Gasteiger charge is -2.26. The monoisotopic (exact) mass is 623 g/mol. The van der Waals surface area contributed by atoms with Crippen molar-refractivity contribution < 1.29 is 19.2 Å². The van der Waals surface area contributed by atoms with Gasteiger partial charge >= 0.3 is 0 Å². The minimum absolute atomic E-state index is 0.0343. The summed E-state index contributed by atoms with van der Waals surface area (Å²) >= 11 is 0. The maximum atomic E-state index is 14.2. The number of carbonyl (C=O) groups excluding carboxylic acids is 4. The molecule has 2 aliphatic heterocycles. The van der Waals surface area contributed by atoms with Gasteiger partial charge in [-0.05, 0) is 62.3 Å². The summed E-state index contributed by atoms with van der Waals surface area (Å²) in [6, 6.07) is 5.39. The van der Waals surface area contributed by atoms with Crippen molar-refractivity contribution in [2.45, 2.75) is 97.7 Å². The van der Waals surface area contributed by atoms with E-state index in [-0.39, 0.29) is 47.3 Å². The highest BCUT2D eigenvalue weighted by atomic mass is 16.2. The second kappa shape index (κ2) is 11.4. The molecule has 11 heteroatoms. The van der Waals surface area contributed by atoms with E-state index in [0.717, 1.165) is 65.7 Å². The van der Waals surface area contributed by atoms with Crippen LogP contribution in [0, 0.1) is 18.3 Å². The SMILES string of the molecule is CCC(=O)[C@@H]1C[C@]23CNC(=O)[C@H](C)CCCCCc4cc(-c5cnc6cc(C)nn6c5)cc5c(C(C)=O)nn(c45)CC(=O)N1[C@@H]2C3. The summed E-state index contributed by atoms with van der Waals surface area (Å²) in [5.41, 5.74) is 5.21. The van der Waals surface area contributed by atoms with E-state index in [4.69, 9.17) is 5.10 Å². The summed E-state index contributed by atoms with van der Waals surface area (Å²) in [6.07, 6.45) is 9.66. The molecule has 0 radical (unpaired) electrons. The van der Waals surface area contributed by atoms with Gasteiger partial charge < -0.3 is 10.2 Å². The van der Waals surface area contributed by atoms with Crippen LogP contribution in [0.2, 0.25) is 0 Å². The molecule has 1 N–H and O–H groups in total. The second-order valence-electron chi connectivity index (χ2n) is 13.7. The third-order valence-corrected chi connectivity index (χ3v) is 10.4. The number of nitrogens with zero attached hydrogens (tertiary/aromatic N) is 6. The summed E-state index contributed by atoms with van der Waals surface area (Å²) in [7, 11) is 0. The van der Waals surface area contributed by atoms with Gasteiger partial charge in [-0.2, -0.15) is 10.2 Å². The van der Waals surface area contributed by atoms with E-state index in [2.05, 4.69) is 21.5 Å². The number of hydrogen-bond donors (Lipinski definition) is 1. The van der Waals surface area contributed by atoms with Crippen molar-refractivity contribution in [3.05, 3.63) is 47.5 Å². The summed E-state index contributed by atoms with van der Waals surface area (Å²) in [5, 5.41) is 13.1. The normalized spacial score (nSPS) is 25.4. The second-order valence-corrected chi connectivity index (χ2v) is 13.7. The molecule has 2 amide bonds. The summed E-state index contributed by atoms with van der Waals surface area (Å²) in [6.45, 7) is 7.64. The number of piperidine rings is 1. The molecule has 4 atom stereocenters. The van der Waals surface area contributed by atoms with Crippen LogP contribution in [-0.2, 0) is 27.3 Å². The third kappa shape index (κ3) is 5.19. The summed E-state index contributed by atoms with van der Waals surface area (Å²) in [5.74, 6) is -0.398. The average molecular weight is 624 g/mol. The van der Waals surface area contributed by atoms with Crippen LogP contribution in [0.4, 0.5) is 0 Å². The molecule has 240 valence electrons. The van der Waals surface area contributed by atoms with Gasteiger partial charge in [-0.15, -0.1) is 0 Å². The molecule has 2 fully saturated rings. The van der Waals surface area contributed by atoms with Gasteiger partial charge in [0.05, 0.1) is 17.3 Å². The molecular formula is C35H41N7O4. The highest BCUT2D eigenvalue weighted by Crippen LogP contribution is 2.59. The largest absolute Gasteiger partial charge is 0.355 e. The Hall–Kier alpha value is -4.41. The molecule has 3 aromatic heterocycles. The third-order valence-electron chi connectivity index (χ3n) is 10.4. The molecule has 2 bridgehead atoms. The zero-order valence-electron chi connectivity index (χ0n) is 27.0. The molecular weight excluding hydrogens is 582 g/mol. The van der Waals surface area contributed by atoms with Crippen LogP contribution in [0.1, 0.15) is 87.5 Å². The Morgan fingerprint density at radius 3 is 2.67 bits per heavy atom. The number of Topliss-reactive ketones (excluding diaryl/α,β-unsaturated/α-hetero) is 2. The van der Waals surface area contributed by atoms with E-state index < -0.39 is 6.04 Å². The minimum atomic E-state index is -0.516. The summed E-state index contributed by atoms with van der Waals surface area (Å²) in [4.78, 5) is 59.7. The topological polar surface area (TPSA) is 132 Å². The number of amides is 2. The Kier molecular flexibility index (Phi) is 7.52. The van der Waals surface area contributed by atoms with E-state index in [9.17, 15) is 19.2 Å². The van der Waals surface area contributed by atoms with Crippen molar-refractivity contribution >= 4 is 39.9 Å². The quantitative estimate of drug-likeness (QED) is 0.332. The lowest BCUT2D eigenvalue weighted by atomic mass is 9.95. The molecule has 3 aliphatic rings. The van der Waals surface area contributed by atoms with Crippen LogP contribution in [-0.4, -0.2) is 71.3 Å². The zero-order valence-corrected chi connectivity index (χ0v) is 27.0. The van der Waals surface area contributed by atoms with Crippen molar-refractivity contribution in [1.29, 1.82) is 0 Å². The maximum absolute atomic E-state index is 14.2. The van der Waals surface area contributed by atoms with E-state index in [1.54, 1.807) is 14.1 Å². The van der Waals surface area contributed by atoms with E-state index in [1.807, 2.05) is 45.3 Å². The molecule has 46 heavy (non-hydrogen) atoms. The molecule has 4 aromatic rings. The number of benzene rings is 1. The van der Waals surface area contributed by atoms with Crippen molar-refractivity contribution in [1.82, 2.24) is 34.6 Å². The van der Waals surface area contributed by atoms with Gasteiger partial charge in [-0.3, -0.25) is 23.9 Å². The number of hydrogen-bond acceptors (Lipinski definition) is 7. The fraction of sp³-hybridized carbons (Fsp3) is 0.514. The predicted molar refractivity (Wildman–Crippen MR) is 172 cm³/mol. The Labute approximate surface area is 267 Å². The van der Waals surface area contributed by atoms with Crippen LogP contribution in [0.15, 0.2) is 30.6 Å². The smallest absolute Gasteiger partial charge is 0.245 e. The highest BCUT2D eigenvalue weighted by Gasteiger charge is 2.66. The average Bonchev–Trinajstić information content (AvgIpc) is 3.28. The molecule has 0 spiro atoms. The van der Waals surface area contributed by atoms with Gasteiger partial charge in [0.15, 0.2) is 17.2 Å². The first-order chi connectivity index (χ1) is 22.1. The fourth-order valence-electron chi connectivity index (χ4n) is 7.76. The number of fused-ring (bicyclic) bond motifs is 1. The Morgan fingerprint density at radius 2 is 1.89 bits per heavy atom. The lowest BCUT2D eigenvalue weighted by Crippen LogP contribution is -2.44. The van der Waals surface area contributed by atoms with Crippen LogP contribution in [0.3, 0.4) is 0 Å². The molecule has 5 heterocycles. The molecule has 1 saturated carbocycles. The number of aromatic nitrogens is 5. The molecule has 1 saturated heterocycles. The van der Waals surface area contributed by atoms with Crippen LogP contribution >= 0.6 is 0 Å². The number of rotatable bonds is 4. The maximum Gasteiger partial charge on any atom is 0.245 e. The van der Waals surface area contributed by atoms with Gasteiger partial charge in [-0.25, -0.2) is 9.50 Å². The first-order valence-corrected chi connectivity index (χ1v) is 16.6. The Morgan fingerprint density at radius 1 is 1.07 bits per heavy atom. The van der Waals surface area contributed by atoms with Crippen LogP contribution in [0.25, 0.3) is 27.7 Å². The van der Waals surface area contributed by atoms with E-state index >= 15 is 0 Å². The van der Waals surface area contributed by atoms with Crippen molar-refractivity contribution in [3.8, 4) is 11.1 Å². The lowest BCUT2D eigenvalue weighted by molar-refractivity contribution is -0.139. The van der Waals surface area contributed by atoms with Gasteiger partial charge in [0.1, 0.15) is 12.2 Å². The Balaban J connectivity index is 1.33. The van der Waals surface area contributed by atoms with Crippen LogP contribution in [0.5, 0.6) is 0 Å². The summed E-state index contributed by atoms with van der Waals surface area (Å²) < 4.78 is 3.44. The molecule has 11 nitrogen and oxygen atoms in total. The van der Waals surface area contributed by atoms with E-state index in [1.165, 1.54) is 6.92 Å². The number of nitrogens with one attached hydrogen (secondary N) is 1. The minimum Gasteiger partial charge on any atom is -0.355 e. The van der Waals surface area contributed by atoms with Crippen LogP contribution < -0.4 is 5.32 Å². The molecule has 7 rings (SSSR count). The fourth-order valence-corrected chi connectivity index (χ4v) is 7.76. The van der Waals surface area contributed by atoms with Crippen molar-refractivity contribution in [3.63, 3.8) is 0 Å². The highest BCUT2D eigenvalue weighted by molar-refractivity contribution is 6.07. The first-order valence-electron chi connectivity index (χ1n) is 16.6. The molecule has 0 unspecified atom stereocenters. The first kappa shape index (κ1) is 30.3. The number of carbonyl (C=O) groups is 4. The van der Waals surface area contributed by atoms with Gasteiger partial charge in [0.2, 0.25) is 11.8 Å². The van der Waals surface area contributed by atoms with Crippen molar-refractivity contribution in [2.75, 3.05) is 6.54 Å². The zero-order chi connectivity index (χ0) is 32.3. The number of ketones is 2. The predicted octanol–water partition coefficient (Wildman–Crippen LogP) is 4.46. The van der Waals surface area contributed by atoms with Gasteiger partial charge in [0.25, 0.3) is 0 Å².